The maximum atomic E-state index is 9.51. The quantitative estimate of drug-likeness (QED) is 0.583. The molecule has 2 saturated heterocycles. The van der Waals surface area contributed by atoms with Gasteiger partial charge in [0.05, 0.1) is 12.5 Å². The summed E-state index contributed by atoms with van der Waals surface area (Å²) in [6.07, 6.45) is 2.99. The first-order valence-corrected chi connectivity index (χ1v) is 13.0. The van der Waals surface area contributed by atoms with Gasteiger partial charge in [0, 0.05) is 73.5 Å². The van der Waals surface area contributed by atoms with Crippen LogP contribution in [0.2, 0.25) is 0 Å². The number of piperazine rings is 2. The number of rotatable bonds is 6. The van der Waals surface area contributed by atoms with E-state index in [0.29, 0.717) is 30.6 Å². The summed E-state index contributed by atoms with van der Waals surface area (Å²) >= 11 is 0. The summed E-state index contributed by atoms with van der Waals surface area (Å²) in [5, 5.41) is 9.51. The Morgan fingerprint density at radius 3 is 1.84 bits per heavy atom. The van der Waals surface area contributed by atoms with Crippen molar-refractivity contribution in [2.75, 3.05) is 32.7 Å². The van der Waals surface area contributed by atoms with Crippen LogP contribution in [0.4, 0.5) is 0 Å². The summed E-state index contributed by atoms with van der Waals surface area (Å²) in [7, 11) is 0. The van der Waals surface area contributed by atoms with E-state index < -0.39 is 0 Å². The number of hydrogen-bond acceptors (Lipinski definition) is 5. The topological polar surface area (TPSA) is 36.8 Å². The normalized spacial score (nSPS) is 29.1. The Morgan fingerprint density at radius 1 is 0.844 bits per heavy atom. The van der Waals surface area contributed by atoms with Crippen molar-refractivity contribution in [1.82, 2.24) is 19.6 Å². The van der Waals surface area contributed by atoms with Crippen molar-refractivity contribution in [2.24, 2.45) is 0 Å². The SMILES string of the molecule is CC(CCC(C)(C)N1CCN(C(C)(C)C)CC1CC#N)N1[C@@H](C)CN(C(C)(C)C)C[C@@H]1C. The number of hydrogen-bond donors (Lipinski definition) is 0. The van der Waals surface area contributed by atoms with Crippen LogP contribution in [0.5, 0.6) is 0 Å². The molecule has 0 aromatic rings. The monoisotopic (exact) mass is 447 g/mol. The highest BCUT2D eigenvalue weighted by Gasteiger charge is 2.40. The fourth-order valence-electron chi connectivity index (χ4n) is 6.15. The molecule has 32 heavy (non-hydrogen) atoms. The first-order chi connectivity index (χ1) is 14.6. The Hall–Kier alpha value is -0.670. The van der Waals surface area contributed by atoms with Gasteiger partial charge in [-0.25, -0.2) is 0 Å². The molecule has 5 heteroatoms. The molecule has 2 fully saturated rings. The van der Waals surface area contributed by atoms with Crippen LogP contribution in [0.3, 0.4) is 0 Å². The molecule has 2 rings (SSSR count). The Morgan fingerprint density at radius 2 is 1.38 bits per heavy atom. The van der Waals surface area contributed by atoms with Crippen molar-refractivity contribution < 1.29 is 0 Å². The lowest BCUT2D eigenvalue weighted by Gasteiger charge is -2.53. The molecule has 0 amide bonds. The van der Waals surface area contributed by atoms with E-state index in [1.807, 2.05) is 0 Å². The first kappa shape index (κ1) is 27.6. The molecular weight excluding hydrogens is 394 g/mol. The Labute approximate surface area is 200 Å². The van der Waals surface area contributed by atoms with E-state index in [0.717, 1.165) is 32.7 Å². The van der Waals surface area contributed by atoms with E-state index in [2.05, 4.69) is 102 Å². The minimum absolute atomic E-state index is 0.111. The fraction of sp³-hybridized carbons (Fsp3) is 0.963. The van der Waals surface area contributed by atoms with Crippen LogP contribution in [0.1, 0.15) is 95.4 Å². The molecule has 0 radical (unpaired) electrons. The third kappa shape index (κ3) is 6.69. The summed E-state index contributed by atoms with van der Waals surface area (Å²) in [6.45, 7) is 31.4. The van der Waals surface area contributed by atoms with Gasteiger partial charge in [-0.05, 0) is 89.0 Å². The van der Waals surface area contributed by atoms with Gasteiger partial charge in [-0.3, -0.25) is 19.6 Å². The second-order valence-electron chi connectivity index (χ2n) is 13.2. The molecule has 0 aromatic heterocycles. The molecule has 186 valence electrons. The average Bonchev–Trinajstić information content (AvgIpc) is 2.64. The highest BCUT2D eigenvalue weighted by atomic mass is 15.3. The second-order valence-corrected chi connectivity index (χ2v) is 13.2. The van der Waals surface area contributed by atoms with E-state index in [1.54, 1.807) is 0 Å². The fourth-order valence-corrected chi connectivity index (χ4v) is 6.15. The predicted octanol–water partition coefficient (Wildman–Crippen LogP) is 4.83. The van der Waals surface area contributed by atoms with Crippen LogP contribution in [0, 0.1) is 11.3 Å². The zero-order valence-electron chi connectivity index (χ0n) is 23.2. The van der Waals surface area contributed by atoms with Gasteiger partial charge in [0.2, 0.25) is 0 Å². The van der Waals surface area contributed by atoms with Crippen LogP contribution in [-0.4, -0.2) is 93.1 Å². The van der Waals surface area contributed by atoms with Crippen LogP contribution in [-0.2, 0) is 0 Å². The lowest BCUT2D eigenvalue weighted by Crippen LogP contribution is -2.64. The predicted molar refractivity (Wildman–Crippen MR) is 137 cm³/mol. The molecule has 0 bridgehead atoms. The summed E-state index contributed by atoms with van der Waals surface area (Å²) < 4.78 is 0. The highest BCUT2D eigenvalue weighted by Crippen LogP contribution is 2.32. The van der Waals surface area contributed by atoms with Gasteiger partial charge >= 0.3 is 0 Å². The van der Waals surface area contributed by atoms with E-state index >= 15 is 0 Å². The largest absolute Gasteiger partial charge is 0.296 e. The molecule has 0 aromatic carbocycles. The van der Waals surface area contributed by atoms with Gasteiger partial charge in [-0.1, -0.05) is 0 Å². The van der Waals surface area contributed by atoms with Crippen LogP contribution >= 0.6 is 0 Å². The summed E-state index contributed by atoms with van der Waals surface area (Å²) in [6, 6.07) is 4.54. The van der Waals surface area contributed by atoms with Gasteiger partial charge in [-0.2, -0.15) is 5.26 Å². The maximum Gasteiger partial charge on any atom is 0.0638 e. The Bertz CT molecular complexity index is 626. The minimum atomic E-state index is 0.111. The van der Waals surface area contributed by atoms with E-state index in [-0.39, 0.29) is 16.6 Å². The van der Waals surface area contributed by atoms with E-state index in [4.69, 9.17) is 0 Å². The molecule has 2 heterocycles. The summed E-state index contributed by atoms with van der Waals surface area (Å²) in [5.41, 5.74) is 0.518. The molecule has 2 unspecified atom stereocenters. The molecule has 2 aliphatic rings. The maximum absolute atomic E-state index is 9.51. The van der Waals surface area contributed by atoms with Gasteiger partial charge in [0.1, 0.15) is 0 Å². The third-order valence-corrected chi connectivity index (χ3v) is 8.15. The average molecular weight is 448 g/mol. The van der Waals surface area contributed by atoms with Crippen LogP contribution < -0.4 is 0 Å². The van der Waals surface area contributed by atoms with Crippen molar-refractivity contribution in [3.8, 4) is 6.07 Å². The highest BCUT2D eigenvalue weighted by molar-refractivity contribution is 4.99. The van der Waals surface area contributed by atoms with Gasteiger partial charge < -0.3 is 0 Å². The molecule has 0 spiro atoms. The molecule has 4 atom stereocenters. The summed E-state index contributed by atoms with van der Waals surface area (Å²) in [5.74, 6) is 0. The number of nitrogens with zero attached hydrogens (tertiary/aromatic N) is 5. The molecule has 0 saturated carbocycles. The molecule has 0 N–H and O–H groups in total. The van der Waals surface area contributed by atoms with Crippen molar-refractivity contribution >= 4 is 0 Å². The Balaban J connectivity index is 2.01. The van der Waals surface area contributed by atoms with Crippen molar-refractivity contribution in [3.05, 3.63) is 0 Å². The first-order valence-electron chi connectivity index (χ1n) is 13.0. The third-order valence-electron chi connectivity index (χ3n) is 8.15. The second kappa shape index (κ2) is 10.3. The van der Waals surface area contributed by atoms with Crippen molar-refractivity contribution in [1.29, 1.82) is 5.26 Å². The standard InChI is InChI=1S/C27H53N5/c1-21(32-22(2)18-30(19-23(32)3)26(7,8)9)12-14-27(10,11)31-17-16-29(25(4,5)6)20-24(31)13-15-28/h21-24H,12-14,16-20H2,1-11H3/t21?,22-,23-,24?/m0/s1. The molecule has 5 nitrogen and oxygen atoms in total. The minimum Gasteiger partial charge on any atom is -0.296 e. The Kier molecular flexibility index (Phi) is 8.88. The number of nitriles is 1. The lowest BCUT2D eigenvalue weighted by atomic mass is 9.88. The molecule has 0 aliphatic carbocycles. The van der Waals surface area contributed by atoms with Crippen molar-refractivity contribution in [3.63, 3.8) is 0 Å². The van der Waals surface area contributed by atoms with Gasteiger partial charge in [0.15, 0.2) is 0 Å². The van der Waals surface area contributed by atoms with E-state index in [1.165, 1.54) is 12.8 Å². The van der Waals surface area contributed by atoms with Gasteiger partial charge in [0.25, 0.3) is 0 Å². The molecule has 2 aliphatic heterocycles. The zero-order valence-corrected chi connectivity index (χ0v) is 23.2. The van der Waals surface area contributed by atoms with Gasteiger partial charge in [-0.15, -0.1) is 0 Å². The van der Waals surface area contributed by atoms with Crippen LogP contribution in [0.15, 0.2) is 0 Å². The molecular formula is C27H53N5. The van der Waals surface area contributed by atoms with Crippen LogP contribution in [0.25, 0.3) is 0 Å². The summed E-state index contributed by atoms with van der Waals surface area (Å²) in [4.78, 5) is 10.6. The zero-order chi connectivity index (χ0) is 24.5. The van der Waals surface area contributed by atoms with Crippen molar-refractivity contribution in [2.45, 2.75) is 136 Å². The smallest absolute Gasteiger partial charge is 0.0638 e. The van der Waals surface area contributed by atoms with E-state index in [9.17, 15) is 5.26 Å². The lowest BCUT2D eigenvalue weighted by molar-refractivity contribution is -0.0434.